The number of nitrogens with zero attached hydrogens (tertiary/aromatic N) is 1. The van der Waals surface area contributed by atoms with E-state index >= 15 is 0 Å². The standard InChI is InChI=1S/C12H17NS.ClH/c1-3-7-12(8-4-1)11-14-13-9-5-2-6-10-13;/h1,3-4,7-8H,2,5-6,9-11H2;1H. The average molecular weight is 244 g/mol. The lowest BCUT2D eigenvalue weighted by Gasteiger charge is -2.25. The number of rotatable bonds is 3. The van der Waals surface area contributed by atoms with Crippen molar-refractivity contribution in [3.63, 3.8) is 0 Å². The Balaban J connectivity index is 0.00000112. The summed E-state index contributed by atoms with van der Waals surface area (Å²) in [6, 6.07) is 10.7. The molecule has 1 aromatic carbocycles. The molecule has 0 N–H and O–H groups in total. The van der Waals surface area contributed by atoms with Gasteiger partial charge in [-0.05, 0) is 18.4 Å². The Morgan fingerprint density at radius 3 is 2.33 bits per heavy atom. The quantitative estimate of drug-likeness (QED) is 0.744. The maximum atomic E-state index is 2.51. The molecule has 1 aromatic rings. The largest absolute Gasteiger partial charge is 0.250 e. The van der Waals surface area contributed by atoms with Crippen LogP contribution < -0.4 is 0 Å². The first-order chi connectivity index (χ1) is 6.95. The summed E-state index contributed by atoms with van der Waals surface area (Å²) in [4.78, 5) is 0. The SMILES string of the molecule is Cl.c1ccc(CSN2CCCCC2)cc1. The fraction of sp³-hybridized carbons (Fsp3) is 0.500. The van der Waals surface area contributed by atoms with Gasteiger partial charge in [0.05, 0.1) is 0 Å². The first-order valence-electron chi connectivity index (χ1n) is 5.37. The van der Waals surface area contributed by atoms with Gasteiger partial charge in [-0.25, -0.2) is 0 Å². The molecule has 1 heterocycles. The Hall–Kier alpha value is -0.180. The van der Waals surface area contributed by atoms with E-state index in [1.165, 1.54) is 37.9 Å². The molecular formula is C12H18ClNS. The minimum absolute atomic E-state index is 0. The molecule has 84 valence electrons. The van der Waals surface area contributed by atoms with Crippen molar-refractivity contribution >= 4 is 24.4 Å². The Labute approximate surface area is 103 Å². The normalized spacial score (nSPS) is 17.1. The van der Waals surface area contributed by atoms with Crippen LogP contribution in [0.25, 0.3) is 0 Å². The Morgan fingerprint density at radius 2 is 1.67 bits per heavy atom. The summed E-state index contributed by atoms with van der Waals surface area (Å²) in [6.45, 7) is 2.55. The van der Waals surface area contributed by atoms with Crippen molar-refractivity contribution in [1.82, 2.24) is 4.31 Å². The van der Waals surface area contributed by atoms with Gasteiger partial charge in [-0.2, -0.15) is 0 Å². The molecule has 0 aliphatic carbocycles. The van der Waals surface area contributed by atoms with Crippen LogP contribution in [0.15, 0.2) is 30.3 Å². The van der Waals surface area contributed by atoms with Crippen molar-refractivity contribution in [2.75, 3.05) is 13.1 Å². The van der Waals surface area contributed by atoms with E-state index < -0.39 is 0 Å². The lowest BCUT2D eigenvalue weighted by Crippen LogP contribution is -2.23. The van der Waals surface area contributed by atoms with E-state index in [1.807, 2.05) is 11.9 Å². The highest BCUT2D eigenvalue weighted by Crippen LogP contribution is 2.21. The lowest BCUT2D eigenvalue weighted by atomic mass is 10.2. The fourth-order valence-electron chi connectivity index (χ4n) is 1.73. The van der Waals surface area contributed by atoms with E-state index in [-0.39, 0.29) is 12.4 Å². The summed E-state index contributed by atoms with van der Waals surface area (Å²) in [7, 11) is 0. The lowest BCUT2D eigenvalue weighted by molar-refractivity contribution is 0.380. The summed E-state index contributed by atoms with van der Waals surface area (Å²) in [6.07, 6.45) is 4.17. The van der Waals surface area contributed by atoms with Gasteiger partial charge in [-0.15, -0.1) is 12.4 Å². The predicted octanol–water partition coefficient (Wildman–Crippen LogP) is 3.74. The van der Waals surface area contributed by atoms with E-state index in [0.29, 0.717) is 0 Å². The first kappa shape index (κ1) is 12.9. The average Bonchev–Trinajstić information content (AvgIpc) is 2.29. The second-order valence-corrected chi connectivity index (χ2v) is 4.81. The van der Waals surface area contributed by atoms with Gasteiger partial charge < -0.3 is 0 Å². The van der Waals surface area contributed by atoms with Gasteiger partial charge in [0.2, 0.25) is 0 Å². The van der Waals surface area contributed by atoms with Crippen LogP contribution in [0.5, 0.6) is 0 Å². The van der Waals surface area contributed by atoms with Gasteiger partial charge >= 0.3 is 0 Å². The molecule has 1 aliphatic heterocycles. The summed E-state index contributed by atoms with van der Waals surface area (Å²) >= 11 is 1.98. The molecule has 0 amide bonds. The van der Waals surface area contributed by atoms with Crippen molar-refractivity contribution < 1.29 is 0 Å². The van der Waals surface area contributed by atoms with E-state index in [9.17, 15) is 0 Å². The Morgan fingerprint density at radius 1 is 1.00 bits per heavy atom. The number of benzene rings is 1. The number of piperidine rings is 1. The van der Waals surface area contributed by atoms with Gasteiger partial charge in [0, 0.05) is 18.8 Å². The Bertz CT molecular complexity index is 260. The summed E-state index contributed by atoms with van der Waals surface area (Å²) in [5.41, 5.74) is 1.43. The highest BCUT2D eigenvalue weighted by molar-refractivity contribution is 7.96. The highest BCUT2D eigenvalue weighted by Gasteiger charge is 2.09. The Kier molecular flexibility index (Phi) is 6.15. The van der Waals surface area contributed by atoms with Crippen molar-refractivity contribution in [2.45, 2.75) is 25.0 Å². The van der Waals surface area contributed by atoms with Crippen LogP contribution in [-0.4, -0.2) is 17.4 Å². The third-order valence-corrected chi connectivity index (χ3v) is 3.76. The molecule has 1 nitrogen and oxygen atoms in total. The van der Waals surface area contributed by atoms with Crippen LogP contribution in [0.3, 0.4) is 0 Å². The van der Waals surface area contributed by atoms with E-state index in [2.05, 4.69) is 34.6 Å². The molecule has 15 heavy (non-hydrogen) atoms. The maximum Gasteiger partial charge on any atom is 0.0332 e. The van der Waals surface area contributed by atoms with Crippen LogP contribution in [0.1, 0.15) is 24.8 Å². The van der Waals surface area contributed by atoms with E-state index in [4.69, 9.17) is 0 Å². The third-order valence-electron chi connectivity index (χ3n) is 2.57. The molecule has 0 spiro atoms. The predicted molar refractivity (Wildman–Crippen MR) is 70.4 cm³/mol. The summed E-state index contributed by atoms with van der Waals surface area (Å²) < 4.78 is 2.51. The van der Waals surface area contributed by atoms with Crippen LogP contribution in [-0.2, 0) is 5.75 Å². The third kappa shape index (κ3) is 4.45. The van der Waals surface area contributed by atoms with Crippen molar-refractivity contribution in [2.24, 2.45) is 0 Å². The number of hydrogen-bond donors (Lipinski definition) is 0. The zero-order valence-electron chi connectivity index (χ0n) is 8.89. The second-order valence-electron chi connectivity index (χ2n) is 3.75. The maximum absolute atomic E-state index is 2.51. The zero-order chi connectivity index (χ0) is 9.64. The number of halogens is 1. The monoisotopic (exact) mass is 243 g/mol. The van der Waals surface area contributed by atoms with E-state index in [1.54, 1.807) is 0 Å². The van der Waals surface area contributed by atoms with Crippen LogP contribution >= 0.6 is 24.4 Å². The van der Waals surface area contributed by atoms with Crippen LogP contribution in [0.2, 0.25) is 0 Å². The molecule has 0 unspecified atom stereocenters. The second kappa shape index (κ2) is 7.15. The molecule has 1 saturated heterocycles. The molecule has 2 rings (SSSR count). The molecule has 0 saturated carbocycles. The molecule has 0 atom stereocenters. The molecular weight excluding hydrogens is 226 g/mol. The minimum atomic E-state index is 0. The minimum Gasteiger partial charge on any atom is -0.250 e. The van der Waals surface area contributed by atoms with Crippen molar-refractivity contribution in [3.8, 4) is 0 Å². The van der Waals surface area contributed by atoms with Gasteiger partial charge in [0.25, 0.3) is 0 Å². The first-order valence-corrected chi connectivity index (χ1v) is 6.31. The van der Waals surface area contributed by atoms with Gasteiger partial charge in [-0.1, -0.05) is 48.7 Å². The van der Waals surface area contributed by atoms with Crippen molar-refractivity contribution in [3.05, 3.63) is 35.9 Å². The smallest absolute Gasteiger partial charge is 0.0332 e. The van der Waals surface area contributed by atoms with Crippen LogP contribution in [0, 0.1) is 0 Å². The molecule has 0 bridgehead atoms. The van der Waals surface area contributed by atoms with Gasteiger partial charge in [-0.3, -0.25) is 4.31 Å². The van der Waals surface area contributed by atoms with E-state index in [0.717, 1.165) is 5.75 Å². The van der Waals surface area contributed by atoms with Crippen molar-refractivity contribution in [1.29, 1.82) is 0 Å². The van der Waals surface area contributed by atoms with Gasteiger partial charge in [0.15, 0.2) is 0 Å². The number of hydrogen-bond acceptors (Lipinski definition) is 2. The van der Waals surface area contributed by atoms with Gasteiger partial charge in [0.1, 0.15) is 0 Å². The summed E-state index contributed by atoms with van der Waals surface area (Å²) in [5, 5.41) is 0. The molecule has 1 fully saturated rings. The molecule has 0 aromatic heterocycles. The molecule has 3 heteroatoms. The molecule has 0 radical (unpaired) electrons. The van der Waals surface area contributed by atoms with Crippen LogP contribution in [0.4, 0.5) is 0 Å². The highest BCUT2D eigenvalue weighted by atomic mass is 35.5. The summed E-state index contributed by atoms with van der Waals surface area (Å²) in [5.74, 6) is 1.13. The zero-order valence-corrected chi connectivity index (χ0v) is 10.5. The fourth-order valence-corrected chi connectivity index (χ4v) is 2.77. The topological polar surface area (TPSA) is 3.24 Å². The molecule has 1 aliphatic rings.